The van der Waals surface area contributed by atoms with Gasteiger partial charge in [0.25, 0.3) is 5.91 Å². The first-order chi connectivity index (χ1) is 12.4. The fourth-order valence-electron chi connectivity index (χ4n) is 2.11. The summed E-state index contributed by atoms with van der Waals surface area (Å²) < 4.78 is 28.8. The maximum Gasteiger partial charge on any atom is 0.310 e. The number of anilines is 1. The summed E-state index contributed by atoms with van der Waals surface area (Å²) in [6.45, 7) is -0.443. The second-order valence-corrected chi connectivity index (χ2v) is 6.05. The summed E-state index contributed by atoms with van der Waals surface area (Å²) in [5, 5.41) is 2.50. The average molecular weight is 426 g/mol. The third kappa shape index (κ3) is 5.45. The lowest BCUT2D eigenvalue weighted by Crippen LogP contribution is -2.21. The Balaban J connectivity index is 1.90. The summed E-state index contributed by atoms with van der Waals surface area (Å²) in [7, 11) is 3.01. The first-order valence-electron chi connectivity index (χ1n) is 7.54. The van der Waals surface area contributed by atoms with Gasteiger partial charge in [-0.1, -0.05) is 15.9 Å². The molecule has 0 aliphatic rings. The molecular weight excluding hydrogens is 409 g/mol. The van der Waals surface area contributed by atoms with Crippen molar-refractivity contribution in [3.05, 3.63) is 52.3 Å². The first-order valence-corrected chi connectivity index (χ1v) is 8.33. The SMILES string of the molecule is COc1cc(Br)c(CC(=O)OCC(=O)Nc2ccc(F)cc2)cc1OC. The molecule has 0 fully saturated rings. The zero-order valence-electron chi connectivity index (χ0n) is 14.2. The summed E-state index contributed by atoms with van der Waals surface area (Å²) in [6, 6.07) is 8.60. The quantitative estimate of drug-likeness (QED) is 0.688. The number of rotatable bonds is 7. The molecule has 0 spiro atoms. The van der Waals surface area contributed by atoms with E-state index in [4.69, 9.17) is 14.2 Å². The first kappa shape index (κ1) is 19.7. The minimum atomic E-state index is -0.577. The van der Waals surface area contributed by atoms with Crippen LogP contribution >= 0.6 is 15.9 Å². The third-order valence-electron chi connectivity index (χ3n) is 3.38. The monoisotopic (exact) mass is 425 g/mol. The van der Waals surface area contributed by atoms with E-state index in [-0.39, 0.29) is 6.42 Å². The van der Waals surface area contributed by atoms with Gasteiger partial charge in [0.05, 0.1) is 20.6 Å². The Morgan fingerprint density at radius 1 is 1.08 bits per heavy atom. The van der Waals surface area contributed by atoms with E-state index in [0.29, 0.717) is 27.2 Å². The van der Waals surface area contributed by atoms with Crippen LogP contribution in [-0.4, -0.2) is 32.7 Å². The smallest absolute Gasteiger partial charge is 0.310 e. The molecule has 0 aromatic heterocycles. The predicted octanol–water partition coefficient (Wildman–Crippen LogP) is 3.33. The van der Waals surface area contributed by atoms with E-state index >= 15 is 0 Å². The van der Waals surface area contributed by atoms with E-state index < -0.39 is 24.3 Å². The lowest BCUT2D eigenvalue weighted by molar-refractivity contribution is -0.146. The Hall–Kier alpha value is -2.61. The van der Waals surface area contributed by atoms with Crippen molar-refractivity contribution in [2.75, 3.05) is 26.1 Å². The number of amides is 1. The second-order valence-electron chi connectivity index (χ2n) is 5.19. The van der Waals surface area contributed by atoms with Gasteiger partial charge in [-0.25, -0.2) is 4.39 Å². The number of halogens is 2. The largest absolute Gasteiger partial charge is 0.493 e. The maximum absolute atomic E-state index is 12.8. The summed E-state index contributed by atoms with van der Waals surface area (Å²) in [4.78, 5) is 23.8. The normalized spacial score (nSPS) is 10.2. The van der Waals surface area contributed by atoms with Crippen LogP contribution in [0.2, 0.25) is 0 Å². The molecule has 2 aromatic carbocycles. The van der Waals surface area contributed by atoms with E-state index in [2.05, 4.69) is 21.2 Å². The van der Waals surface area contributed by atoms with Crippen LogP contribution in [0.1, 0.15) is 5.56 Å². The van der Waals surface area contributed by atoms with Crippen LogP contribution in [0.25, 0.3) is 0 Å². The van der Waals surface area contributed by atoms with Gasteiger partial charge in [-0.05, 0) is 42.0 Å². The van der Waals surface area contributed by atoms with E-state index in [1.807, 2.05) is 0 Å². The van der Waals surface area contributed by atoms with Crippen molar-refractivity contribution in [1.29, 1.82) is 0 Å². The lowest BCUT2D eigenvalue weighted by Gasteiger charge is -2.12. The van der Waals surface area contributed by atoms with Crippen molar-refractivity contribution >= 4 is 33.5 Å². The molecule has 0 unspecified atom stereocenters. The van der Waals surface area contributed by atoms with Crippen molar-refractivity contribution in [3.63, 3.8) is 0 Å². The summed E-state index contributed by atoms with van der Waals surface area (Å²) in [6.07, 6.45) is -0.0508. The van der Waals surface area contributed by atoms with Crippen LogP contribution in [0.4, 0.5) is 10.1 Å². The molecule has 0 saturated carbocycles. The molecule has 0 heterocycles. The van der Waals surface area contributed by atoms with Gasteiger partial charge in [0.15, 0.2) is 18.1 Å². The number of ether oxygens (including phenoxy) is 3. The van der Waals surface area contributed by atoms with Crippen molar-refractivity contribution in [2.24, 2.45) is 0 Å². The standard InChI is InChI=1S/C18H17BrFNO5/c1-24-15-7-11(14(19)9-16(15)25-2)8-18(23)26-10-17(22)21-13-5-3-12(20)4-6-13/h3-7,9H,8,10H2,1-2H3,(H,21,22). The molecular formula is C18H17BrFNO5. The molecule has 8 heteroatoms. The number of esters is 1. The van der Waals surface area contributed by atoms with Crippen LogP contribution < -0.4 is 14.8 Å². The van der Waals surface area contributed by atoms with Crippen molar-refractivity contribution in [2.45, 2.75) is 6.42 Å². The molecule has 1 N–H and O–H groups in total. The third-order valence-corrected chi connectivity index (χ3v) is 4.12. The van der Waals surface area contributed by atoms with Crippen LogP contribution in [0.15, 0.2) is 40.9 Å². The number of hydrogen-bond donors (Lipinski definition) is 1. The van der Waals surface area contributed by atoms with Gasteiger partial charge in [0, 0.05) is 10.2 Å². The highest BCUT2D eigenvalue weighted by molar-refractivity contribution is 9.10. The Morgan fingerprint density at radius 2 is 1.69 bits per heavy atom. The molecule has 0 aliphatic heterocycles. The molecule has 0 atom stereocenters. The molecule has 138 valence electrons. The topological polar surface area (TPSA) is 73.9 Å². The molecule has 0 bridgehead atoms. The van der Waals surface area contributed by atoms with E-state index in [9.17, 15) is 14.0 Å². The second kappa shape index (κ2) is 9.19. The van der Waals surface area contributed by atoms with Crippen molar-refractivity contribution in [1.82, 2.24) is 0 Å². The van der Waals surface area contributed by atoms with Crippen molar-refractivity contribution in [3.8, 4) is 11.5 Å². The van der Waals surface area contributed by atoms with Gasteiger partial charge in [-0.15, -0.1) is 0 Å². The zero-order chi connectivity index (χ0) is 19.1. The summed E-state index contributed by atoms with van der Waals surface area (Å²) >= 11 is 3.36. The summed E-state index contributed by atoms with van der Waals surface area (Å²) in [5.74, 6) is -0.499. The van der Waals surface area contributed by atoms with Gasteiger partial charge < -0.3 is 19.5 Å². The van der Waals surface area contributed by atoms with E-state index in [0.717, 1.165) is 0 Å². The Morgan fingerprint density at radius 3 is 2.31 bits per heavy atom. The van der Waals surface area contributed by atoms with E-state index in [1.165, 1.54) is 38.5 Å². The molecule has 6 nitrogen and oxygen atoms in total. The number of benzene rings is 2. The Bertz CT molecular complexity index is 795. The Labute approximate surface area is 158 Å². The van der Waals surface area contributed by atoms with Crippen molar-refractivity contribution < 1.29 is 28.2 Å². The maximum atomic E-state index is 12.8. The average Bonchev–Trinajstić information content (AvgIpc) is 2.63. The van der Waals surface area contributed by atoms with Crippen LogP contribution in [0, 0.1) is 5.82 Å². The molecule has 0 aliphatic carbocycles. The van der Waals surface area contributed by atoms with Gasteiger partial charge in [-0.3, -0.25) is 9.59 Å². The number of nitrogens with one attached hydrogen (secondary N) is 1. The van der Waals surface area contributed by atoms with E-state index in [1.54, 1.807) is 12.1 Å². The summed E-state index contributed by atoms with van der Waals surface area (Å²) in [5.41, 5.74) is 1.04. The predicted molar refractivity (Wildman–Crippen MR) is 96.9 cm³/mol. The molecule has 0 radical (unpaired) electrons. The molecule has 2 rings (SSSR count). The number of hydrogen-bond acceptors (Lipinski definition) is 5. The fourth-order valence-corrected chi connectivity index (χ4v) is 2.58. The van der Waals surface area contributed by atoms with Gasteiger partial charge in [0.1, 0.15) is 5.82 Å². The molecule has 1 amide bonds. The molecule has 26 heavy (non-hydrogen) atoms. The fraction of sp³-hybridized carbons (Fsp3) is 0.222. The van der Waals surface area contributed by atoms with Gasteiger partial charge in [-0.2, -0.15) is 0 Å². The highest BCUT2D eigenvalue weighted by Crippen LogP contribution is 2.33. The lowest BCUT2D eigenvalue weighted by atomic mass is 10.1. The Kier molecular flexibility index (Phi) is 6.97. The molecule has 0 saturated heterocycles. The van der Waals surface area contributed by atoms with Crippen LogP contribution in [0.3, 0.4) is 0 Å². The minimum absolute atomic E-state index is 0.0508. The molecule has 2 aromatic rings. The van der Waals surface area contributed by atoms with Crippen LogP contribution in [0.5, 0.6) is 11.5 Å². The zero-order valence-corrected chi connectivity index (χ0v) is 15.8. The van der Waals surface area contributed by atoms with Gasteiger partial charge >= 0.3 is 5.97 Å². The van der Waals surface area contributed by atoms with Gasteiger partial charge in [0.2, 0.25) is 0 Å². The highest BCUT2D eigenvalue weighted by Gasteiger charge is 2.14. The number of carbonyl (C=O) groups excluding carboxylic acids is 2. The number of carbonyl (C=O) groups is 2. The minimum Gasteiger partial charge on any atom is -0.493 e. The highest BCUT2D eigenvalue weighted by atomic mass is 79.9. The number of methoxy groups -OCH3 is 2. The van der Waals surface area contributed by atoms with Crippen LogP contribution in [-0.2, 0) is 20.7 Å².